The summed E-state index contributed by atoms with van der Waals surface area (Å²) < 4.78 is 0. The lowest BCUT2D eigenvalue weighted by Gasteiger charge is -2.24. The van der Waals surface area contributed by atoms with Gasteiger partial charge >= 0.3 is 0 Å². The highest BCUT2D eigenvalue weighted by molar-refractivity contribution is 14.0. The molecular weight excluding hydrogens is 407 g/mol. The highest BCUT2D eigenvalue weighted by atomic mass is 127. The minimum absolute atomic E-state index is 0. The summed E-state index contributed by atoms with van der Waals surface area (Å²) in [5.74, 6) is 0.689. The van der Waals surface area contributed by atoms with Gasteiger partial charge in [-0.25, -0.2) is 4.99 Å². The van der Waals surface area contributed by atoms with Gasteiger partial charge in [-0.15, -0.1) is 24.0 Å². The van der Waals surface area contributed by atoms with Crippen LogP contribution < -0.4 is 10.6 Å². The summed E-state index contributed by atoms with van der Waals surface area (Å²) in [5, 5.41) is 17.1. The van der Waals surface area contributed by atoms with Gasteiger partial charge in [0.15, 0.2) is 5.96 Å². The van der Waals surface area contributed by atoms with E-state index in [-0.39, 0.29) is 35.2 Å². The van der Waals surface area contributed by atoms with E-state index in [1.165, 1.54) is 12.1 Å². The van der Waals surface area contributed by atoms with Crippen molar-refractivity contribution in [2.24, 2.45) is 4.99 Å². The Morgan fingerprint density at radius 3 is 2.30 bits per heavy atom. The zero-order chi connectivity index (χ0) is 16.8. The maximum atomic E-state index is 10.6. The van der Waals surface area contributed by atoms with Crippen molar-refractivity contribution in [3.63, 3.8) is 0 Å². The van der Waals surface area contributed by atoms with Crippen LogP contribution in [0.1, 0.15) is 33.3 Å². The molecule has 0 radical (unpaired) electrons. The summed E-state index contributed by atoms with van der Waals surface area (Å²) in [6.07, 6.45) is 0. The molecule has 0 fully saturated rings. The standard InChI is InChI=1S/C16H24N4O2.HI/c1-12(2)10-17-15(19-16(3,4)5)18-11-13-6-8-14(9-7-13)20(21)22;/h6-9H,1,10-11H2,2-5H3,(H2,17,18,19);1H. The molecule has 2 N–H and O–H groups in total. The van der Waals surface area contributed by atoms with E-state index in [1.54, 1.807) is 12.1 Å². The number of halogens is 1. The molecule has 0 unspecified atom stereocenters. The fraction of sp³-hybridized carbons (Fsp3) is 0.438. The molecule has 1 rings (SSSR count). The van der Waals surface area contributed by atoms with Crippen molar-refractivity contribution in [1.82, 2.24) is 10.6 Å². The zero-order valence-corrected chi connectivity index (χ0v) is 16.4. The van der Waals surface area contributed by atoms with Crippen molar-refractivity contribution in [2.45, 2.75) is 39.8 Å². The van der Waals surface area contributed by atoms with Crippen molar-refractivity contribution in [3.8, 4) is 0 Å². The Hall–Kier alpha value is -1.64. The number of nitro groups is 1. The van der Waals surface area contributed by atoms with Crippen LogP contribution in [0.4, 0.5) is 5.69 Å². The van der Waals surface area contributed by atoms with Crippen LogP contribution in [0.25, 0.3) is 0 Å². The number of nitrogens with one attached hydrogen (secondary N) is 2. The first-order valence-electron chi connectivity index (χ1n) is 7.11. The van der Waals surface area contributed by atoms with Crippen molar-refractivity contribution in [2.75, 3.05) is 6.54 Å². The number of rotatable bonds is 5. The second kappa shape index (κ2) is 9.49. The fourth-order valence-corrected chi connectivity index (χ4v) is 1.62. The molecule has 23 heavy (non-hydrogen) atoms. The third kappa shape index (κ3) is 9.17. The molecule has 0 heterocycles. The maximum Gasteiger partial charge on any atom is 0.269 e. The summed E-state index contributed by atoms with van der Waals surface area (Å²) in [5.41, 5.74) is 1.90. The van der Waals surface area contributed by atoms with E-state index in [9.17, 15) is 10.1 Å². The predicted molar refractivity (Wildman–Crippen MR) is 105 cm³/mol. The van der Waals surface area contributed by atoms with Crippen LogP contribution in [0.15, 0.2) is 41.4 Å². The van der Waals surface area contributed by atoms with E-state index in [1.807, 2.05) is 6.92 Å². The number of guanidine groups is 1. The third-order valence-electron chi connectivity index (χ3n) is 2.62. The first-order chi connectivity index (χ1) is 10.2. The molecule has 128 valence electrons. The Labute approximate surface area is 154 Å². The van der Waals surface area contributed by atoms with E-state index in [0.29, 0.717) is 19.0 Å². The van der Waals surface area contributed by atoms with E-state index in [2.05, 4.69) is 43.0 Å². The average Bonchev–Trinajstić information content (AvgIpc) is 2.40. The molecule has 1 aromatic rings. The summed E-state index contributed by atoms with van der Waals surface area (Å²) in [6, 6.07) is 6.41. The van der Waals surface area contributed by atoms with E-state index >= 15 is 0 Å². The smallest absolute Gasteiger partial charge is 0.269 e. The Balaban J connectivity index is 0.00000484. The lowest BCUT2D eigenvalue weighted by Crippen LogP contribution is -2.48. The molecule has 0 bridgehead atoms. The normalized spacial score (nSPS) is 11.4. The van der Waals surface area contributed by atoms with Gasteiger partial charge in [-0.1, -0.05) is 24.3 Å². The third-order valence-corrected chi connectivity index (χ3v) is 2.62. The summed E-state index contributed by atoms with van der Waals surface area (Å²) in [6.45, 7) is 13.0. The Kier molecular flexibility index (Phi) is 8.81. The van der Waals surface area contributed by atoms with Crippen LogP contribution in [0.3, 0.4) is 0 Å². The second-order valence-corrected chi connectivity index (χ2v) is 6.27. The van der Waals surface area contributed by atoms with Gasteiger partial charge in [-0.05, 0) is 33.3 Å². The number of hydrogen-bond donors (Lipinski definition) is 2. The average molecular weight is 432 g/mol. The molecule has 0 atom stereocenters. The van der Waals surface area contributed by atoms with Gasteiger partial charge in [-0.3, -0.25) is 10.1 Å². The van der Waals surface area contributed by atoms with Gasteiger partial charge in [0.2, 0.25) is 0 Å². The lowest BCUT2D eigenvalue weighted by molar-refractivity contribution is -0.384. The minimum Gasteiger partial charge on any atom is -0.353 e. The molecule has 0 saturated carbocycles. The van der Waals surface area contributed by atoms with Gasteiger partial charge in [0.1, 0.15) is 0 Å². The first-order valence-corrected chi connectivity index (χ1v) is 7.11. The fourth-order valence-electron chi connectivity index (χ4n) is 1.62. The molecule has 0 aliphatic carbocycles. The molecule has 0 aliphatic rings. The number of aliphatic imine (C=N–C) groups is 1. The molecule has 0 aliphatic heterocycles. The molecule has 0 spiro atoms. The van der Waals surface area contributed by atoms with Gasteiger partial charge in [0.25, 0.3) is 5.69 Å². The Morgan fingerprint density at radius 2 is 1.87 bits per heavy atom. The summed E-state index contributed by atoms with van der Waals surface area (Å²) in [4.78, 5) is 14.7. The number of nitrogens with zero attached hydrogens (tertiary/aromatic N) is 2. The van der Waals surface area contributed by atoms with E-state index in [0.717, 1.165) is 11.1 Å². The minimum atomic E-state index is -0.409. The van der Waals surface area contributed by atoms with Gasteiger partial charge < -0.3 is 10.6 Å². The predicted octanol–water partition coefficient (Wildman–Crippen LogP) is 3.62. The Morgan fingerprint density at radius 1 is 1.30 bits per heavy atom. The van der Waals surface area contributed by atoms with Crippen LogP contribution in [0.2, 0.25) is 0 Å². The molecule has 0 saturated heterocycles. The SMILES string of the molecule is C=C(C)CNC(=NCc1ccc([N+](=O)[O-])cc1)NC(C)(C)C.I. The monoisotopic (exact) mass is 432 g/mol. The Bertz CT molecular complexity index is 562. The van der Waals surface area contributed by atoms with Crippen LogP contribution in [0, 0.1) is 10.1 Å². The number of non-ortho nitro benzene ring substituents is 1. The lowest BCUT2D eigenvalue weighted by atomic mass is 10.1. The molecule has 1 aromatic carbocycles. The number of nitro benzene ring substituents is 1. The van der Waals surface area contributed by atoms with Crippen LogP contribution in [-0.4, -0.2) is 23.0 Å². The van der Waals surface area contributed by atoms with Gasteiger partial charge in [-0.2, -0.15) is 0 Å². The first kappa shape index (κ1) is 21.4. The molecule has 6 nitrogen and oxygen atoms in total. The summed E-state index contributed by atoms with van der Waals surface area (Å²) in [7, 11) is 0. The van der Waals surface area contributed by atoms with Crippen molar-refractivity contribution < 1.29 is 4.92 Å². The van der Waals surface area contributed by atoms with Crippen LogP contribution in [-0.2, 0) is 6.54 Å². The van der Waals surface area contributed by atoms with Crippen LogP contribution in [0.5, 0.6) is 0 Å². The topological polar surface area (TPSA) is 79.6 Å². The van der Waals surface area contributed by atoms with Gasteiger partial charge in [0, 0.05) is 24.2 Å². The van der Waals surface area contributed by atoms with Gasteiger partial charge in [0.05, 0.1) is 11.5 Å². The molecular formula is C16H25IN4O2. The maximum absolute atomic E-state index is 10.6. The van der Waals surface area contributed by atoms with E-state index in [4.69, 9.17) is 0 Å². The number of benzene rings is 1. The largest absolute Gasteiger partial charge is 0.353 e. The highest BCUT2D eigenvalue weighted by Crippen LogP contribution is 2.12. The van der Waals surface area contributed by atoms with Crippen molar-refractivity contribution in [3.05, 3.63) is 52.1 Å². The second-order valence-electron chi connectivity index (χ2n) is 6.27. The number of hydrogen-bond acceptors (Lipinski definition) is 3. The summed E-state index contributed by atoms with van der Waals surface area (Å²) >= 11 is 0. The molecule has 0 amide bonds. The van der Waals surface area contributed by atoms with Crippen molar-refractivity contribution >= 4 is 35.6 Å². The quantitative estimate of drug-likeness (QED) is 0.186. The molecule has 0 aromatic heterocycles. The highest BCUT2D eigenvalue weighted by Gasteiger charge is 2.12. The van der Waals surface area contributed by atoms with Crippen molar-refractivity contribution in [1.29, 1.82) is 0 Å². The molecule has 7 heteroatoms. The zero-order valence-electron chi connectivity index (χ0n) is 14.0. The van der Waals surface area contributed by atoms with Crippen LogP contribution >= 0.6 is 24.0 Å². The van der Waals surface area contributed by atoms with E-state index < -0.39 is 4.92 Å².